The Morgan fingerprint density at radius 3 is 2.45 bits per heavy atom. The lowest BCUT2D eigenvalue weighted by Crippen LogP contribution is -2.37. The summed E-state index contributed by atoms with van der Waals surface area (Å²) in [5.74, 6) is -0.405. The van der Waals surface area contributed by atoms with Crippen LogP contribution in [-0.4, -0.2) is 50.0 Å². The lowest BCUT2D eigenvalue weighted by molar-refractivity contribution is -0.121. The highest BCUT2D eigenvalue weighted by molar-refractivity contribution is 7.89. The quantitative estimate of drug-likeness (QED) is 0.572. The van der Waals surface area contributed by atoms with Crippen LogP contribution in [0.3, 0.4) is 0 Å². The monoisotopic (exact) mass is 469 g/mol. The van der Waals surface area contributed by atoms with Gasteiger partial charge in [0.1, 0.15) is 6.23 Å². The second-order valence-electron chi connectivity index (χ2n) is 8.28. The molecule has 9 heteroatoms. The highest BCUT2D eigenvalue weighted by Crippen LogP contribution is 2.34. The topological polar surface area (TPSA) is 105 Å². The molecule has 0 aliphatic carbocycles. The number of ether oxygens (including phenoxy) is 1. The summed E-state index contributed by atoms with van der Waals surface area (Å²) in [5, 5.41) is 5.57. The van der Waals surface area contributed by atoms with Crippen LogP contribution in [0.4, 0.5) is 0 Å². The molecule has 8 nitrogen and oxygen atoms in total. The predicted octanol–water partition coefficient (Wildman–Crippen LogP) is 1.58. The maximum absolute atomic E-state index is 13.1. The van der Waals surface area contributed by atoms with E-state index in [1.165, 1.54) is 22.5 Å². The molecular weight excluding hydrogens is 442 g/mol. The number of nitrogens with zero attached hydrogens (tertiary/aromatic N) is 1. The largest absolute Gasteiger partial charge is 0.354 e. The van der Waals surface area contributed by atoms with Gasteiger partial charge in [-0.1, -0.05) is 49.0 Å². The minimum Gasteiger partial charge on any atom is -0.354 e. The van der Waals surface area contributed by atoms with Gasteiger partial charge in [-0.05, 0) is 35.8 Å². The molecule has 0 bridgehead atoms. The van der Waals surface area contributed by atoms with Crippen LogP contribution in [0, 0.1) is 5.92 Å². The first kappa shape index (κ1) is 23.2. The van der Waals surface area contributed by atoms with Crippen LogP contribution in [0.25, 0.3) is 0 Å². The molecule has 0 aromatic heterocycles. The van der Waals surface area contributed by atoms with E-state index in [0.29, 0.717) is 19.5 Å². The Morgan fingerprint density at radius 2 is 1.79 bits per heavy atom. The first-order chi connectivity index (χ1) is 15.8. The summed E-state index contributed by atoms with van der Waals surface area (Å²) in [6, 6.07) is 16.0. The van der Waals surface area contributed by atoms with Crippen molar-refractivity contribution in [3.8, 4) is 0 Å². The Hall–Kier alpha value is -3.01. The maximum Gasteiger partial charge on any atom is 0.245 e. The molecule has 3 atom stereocenters. The van der Waals surface area contributed by atoms with Crippen molar-refractivity contribution in [2.45, 2.75) is 36.6 Å². The van der Waals surface area contributed by atoms with Crippen molar-refractivity contribution in [3.63, 3.8) is 0 Å². The highest BCUT2D eigenvalue weighted by Gasteiger charge is 2.46. The molecule has 33 heavy (non-hydrogen) atoms. The molecule has 2 amide bonds. The van der Waals surface area contributed by atoms with E-state index < -0.39 is 16.3 Å². The number of nitrogens with one attached hydrogen (secondary N) is 2. The van der Waals surface area contributed by atoms with E-state index in [1.54, 1.807) is 12.1 Å². The number of sulfonamides is 1. The fourth-order valence-electron chi connectivity index (χ4n) is 4.20. The zero-order chi connectivity index (χ0) is 23.4. The molecule has 0 radical (unpaired) electrons. The summed E-state index contributed by atoms with van der Waals surface area (Å²) in [6.07, 6.45) is 1.26. The van der Waals surface area contributed by atoms with Crippen molar-refractivity contribution in [1.82, 2.24) is 14.9 Å². The lowest BCUT2D eigenvalue weighted by Gasteiger charge is -2.19. The summed E-state index contributed by atoms with van der Waals surface area (Å²) >= 11 is 0. The van der Waals surface area contributed by atoms with Crippen molar-refractivity contribution >= 4 is 21.8 Å². The van der Waals surface area contributed by atoms with Gasteiger partial charge in [-0.15, -0.1) is 0 Å². The Bertz CT molecular complexity index is 1100. The minimum absolute atomic E-state index is 0.0301. The lowest BCUT2D eigenvalue weighted by atomic mass is 10.1. The van der Waals surface area contributed by atoms with E-state index in [9.17, 15) is 18.0 Å². The Kier molecular flexibility index (Phi) is 6.92. The molecule has 2 saturated heterocycles. The molecule has 2 aliphatic rings. The third kappa shape index (κ3) is 5.50. The van der Waals surface area contributed by atoms with Crippen molar-refractivity contribution in [2.24, 2.45) is 5.92 Å². The number of carbonyl (C=O) groups excluding carboxylic acids is 2. The first-order valence-corrected chi connectivity index (χ1v) is 12.3. The number of benzene rings is 2. The molecule has 174 valence electrons. The van der Waals surface area contributed by atoms with Gasteiger partial charge >= 0.3 is 0 Å². The molecule has 2 aliphatic heterocycles. The smallest absolute Gasteiger partial charge is 0.245 e. The number of amides is 2. The van der Waals surface area contributed by atoms with Crippen LogP contribution >= 0.6 is 0 Å². The number of fused-ring (bicyclic) bond motifs is 1. The van der Waals surface area contributed by atoms with Gasteiger partial charge in [0.15, 0.2) is 0 Å². The molecule has 0 saturated carbocycles. The molecule has 4 rings (SSSR count). The molecule has 3 unspecified atom stereocenters. The van der Waals surface area contributed by atoms with Gasteiger partial charge in [-0.2, -0.15) is 4.31 Å². The van der Waals surface area contributed by atoms with Crippen LogP contribution in [0.15, 0.2) is 72.1 Å². The Labute approximate surface area is 193 Å². The van der Waals surface area contributed by atoms with E-state index in [0.717, 1.165) is 11.1 Å². The van der Waals surface area contributed by atoms with Gasteiger partial charge < -0.3 is 15.4 Å². The zero-order valence-corrected chi connectivity index (χ0v) is 19.0. The molecule has 0 spiro atoms. The van der Waals surface area contributed by atoms with Crippen molar-refractivity contribution in [3.05, 3.63) is 78.4 Å². The van der Waals surface area contributed by atoms with Gasteiger partial charge in [0.25, 0.3) is 0 Å². The maximum atomic E-state index is 13.1. The van der Waals surface area contributed by atoms with Gasteiger partial charge in [-0.3, -0.25) is 9.59 Å². The van der Waals surface area contributed by atoms with E-state index >= 15 is 0 Å². The molecule has 2 aromatic rings. The Morgan fingerprint density at radius 1 is 1.06 bits per heavy atom. The van der Waals surface area contributed by atoms with Crippen LogP contribution < -0.4 is 10.6 Å². The fraction of sp³-hybridized carbons (Fsp3) is 0.333. The normalized spacial score (nSPS) is 22.5. The number of carbonyl (C=O) groups is 2. The van der Waals surface area contributed by atoms with Crippen LogP contribution in [0.1, 0.15) is 17.5 Å². The van der Waals surface area contributed by atoms with Crippen molar-refractivity contribution in [2.75, 3.05) is 13.1 Å². The van der Waals surface area contributed by atoms with E-state index in [-0.39, 0.29) is 41.7 Å². The van der Waals surface area contributed by atoms with E-state index in [4.69, 9.17) is 4.74 Å². The highest BCUT2D eigenvalue weighted by atomic mass is 32.2. The second kappa shape index (κ2) is 9.86. The van der Waals surface area contributed by atoms with Crippen LogP contribution in [0.5, 0.6) is 0 Å². The summed E-state index contributed by atoms with van der Waals surface area (Å²) < 4.78 is 33.4. The standard InChI is InChI=1S/C24H27N3O5S/c1-2-22(28)26-24-13-19-15-27(16-21(19)32-24)33(30,31)20-10-8-17(9-11-20)12-23(29)25-14-18-6-4-3-5-7-18/h2-11,19,21,24H,1,12-16H2,(H,25,29)(H,26,28). The van der Waals surface area contributed by atoms with E-state index in [1.807, 2.05) is 30.3 Å². The third-order valence-electron chi connectivity index (χ3n) is 5.95. The molecule has 2 heterocycles. The number of rotatable bonds is 8. The average molecular weight is 470 g/mol. The zero-order valence-electron chi connectivity index (χ0n) is 18.1. The summed E-state index contributed by atoms with van der Waals surface area (Å²) in [6.45, 7) is 4.46. The number of hydrogen-bond donors (Lipinski definition) is 2. The van der Waals surface area contributed by atoms with Gasteiger partial charge in [-0.25, -0.2) is 8.42 Å². The molecule has 2 aromatic carbocycles. The summed E-state index contributed by atoms with van der Waals surface area (Å²) in [7, 11) is -3.67. The minimum atomic E-state index is -3.67. The first-order valence-electron chi connectivity index (χ1n) is 10.8. The fourth-order valence-corrected chi connectivity index (χ4v) is 5.71. The second-order valence-corrected chi connectivity index (χ2v) is 10.2. The van der Waals surface area contributed by atoms with Crippen molar-refractivity contribution < 1.29 is 22.7 Å². The summed E-state index contributed by atoms with van der Waals surface area (Å²) in [5.41, 5.74) is 1.75. The Balaban J connectivity index is 1.31. The number of hydrogen-bond acceptors (Lipinski definition) is 5. The van der Waals surface area contributed by atoms with Crippen LogP contribution in [-0.2, 0) is 37.3 Å². The van der Waals surface area contributed by atoms with E-state index in [2.05, 4.69) is 17.2 Å². The molecule has 2 N–H and O–H groups in total. The molecule has 2 fully saturated rings. The average Bonchev–Trinajstić information content (AvgIpc) is 3.38. The molecular formula is C24H27N3O5S. The summed E-state index contributed by atoms with van der Waals surface area (Å²) in [4.78, 5) is 23.9. The van der Waals surface area contributed by atoms with Gasteiger partial charge in [0.05, 0.1) is 17.4 Å². The van der Waals surface area contributed by atoms with Gasteiger partial charge in [0, 0.05) is 25.6 Å². The van der Waals surface area contributed by atoms with Gasteiger partial charge in [0.2, 0.25) is 21.8 Å². The SMILES string of the molecule is C=CC(=O)NC1CC2CN(S(=O)(=O)c3ccc(CC(=O)NCc4ccccc4)cc3)CC2O1. The third-order valence-corrected chi connectivity index (χ3v) is 7.80. The van der Waals surface area contributed by atoms with Crippen LogP contribution in [0.2, 0.25) is 0 Å². The van der Waals surface area contributed by atoms with Crippen molar-refractivity contribution in [1.29, 1.82) is 0 Å². The predicted molar refractivity (Wildman–Crippen MR) is 122 cm³/mol.